The molecule has 1 atom stereocenters. The second kappa shape index (κ2) is 4.67. The zero-order valence-corrected chi connectivity index (χ0v) is 10.2. The van der Waals surface area contributed by atoms with Crippen LogP contribution in [0.4, 0.5) is 5.69 Å². The number of hydrogen-bond acceptors (Lipinski definition) is 3. The van der Waals surface area contributed by atoms with Gasteiger partial charge in [-0.25, -0.2) is 0 Å². The van der Waals surface area contributed by atoms with Gasteiger partial charge in [0, 0.05) is 32.0 Å². The van der Waals surface area contributed by atoms with Gasteiger partial charge in [0.05, 0.1) is 0 Å². The van der Waals surface area contributed by atoms with E-state index in [4.69, 9.17) is 10.5 Å². The summed E-state index contributed by atoms with van der Waals surface area (Å²) in [5, 5.41) is 0. The van der Waals surface area contributed by atoms with Crippen LogP contribution in [0, 0.1) is 5.92 Å². The van der Waals surface area contributed by atoms with E-state index >= 15 is 0 Å². The number of anilines is 1. The maximum Gasteiger partial charge on any atom is 0.0495 e. The van der Waals surface area contributed by atoms with Gasteiger partial charge in [0.15, 0.2) is 0 Å². The average Bonchev–Trinajstić information content (AvgIpc) is 2.94. The molecular formula is C14H20N2O. The van der Waals surface area contributed by atoms with Crippen LogP contribution in [0.5, 0.6) is 0 Å². The van der Waals surface area contributed by atoms with Crippen molar-refractivity contribution in [1.29, 1.82) is 0 Å². The third-order valence-electron chi connectivity index (χ3n) is 3.90. The van der Waals surface area contributed by atoms with Crippen LogP contribution in [0.3, 0.4) is 0 Å². The number of fused-ring (bicyclic) bond motifs is 1. The Labute approximate surface area is 103 Å². The Morgan fingerprint density at radius 2 is 2.18 bits per heavy atom. The van der Waals surface area contributed by atoms with Crippen molar-refractivity contribution in [1.82, 2.24) is 4.90 Å². The fraction of sp³-hybridized carbons (Fsp3) is 0.571. The van der Waals surface area contributed by atoms with Gasteiger partial charge in [-0.1, -0.05) is 6.07 Å². The third kappa shape index (κ3) is 2.45. The molecule has 0 amide bonds. The van der Waals surface area contributed by atoms with Gasteiger partial charge < -0.3 is 10.5 Å². The highest BCUT2D eigenvalue weighted by Crippen LogP contribution is 2.26. The summed E-state index contributed by atoms with van der Waals surface area (Å²) in [5.74, 6) is 0.781. The number of nitrogen functional groups attached to an aromatic ring is 1. The highest BCUT2D eigenvalue weighted by molar-refractivity contribution is 5.46. The van der Waals surface area contributed by atoms with Crippen LogP contribution in [-0.2, 0) is 17.8 Å². The molecule has 0 radical (unpaired) electrons. The van der Waals surface area contributed by atoms with Crippen molar-refractivity contribution in [3.8, 4) is 0 Å². The fourth-order valence-electron chi connectivity index (χ4n) is 2.82. The first-order valence-electron chi connectivity index (χ1n) is 6.48. The molecule has 2 aliphatic heterocycles. The Hall–Kier alpha value is -1.06. The number of hydrogen-bond donors (Lipinski definition) is 1. The summed E-state index contributed by atoms with van der Waals surface area (Å²) in [6.07, 6.45) is 2.51. The quantitative estimate of drug-likeness (QED) is 0.810. The molecule has 3 nitrogen and oxygen atoms in total. The topological polar surface area (TPSA) is 38.5 Å². The van der Waals surface area contributed by atoms with Gasteiger partial charge in [-0.3, -0.25) is 4.90 Å². The molecule has 1 aromatic carbocycles. The number of benzene rings is 1. The molecule has 1 saturated heterocycles. The van der Waals surface area contributed by atoms with Crippen LogP contribution < -0.4 is 5.73 Å². The molecule has 0 spiro atoms. The maximum absolute atomic E-state index is 5.81. The van der Waals surface area contributed by atoms with E-state index in [-0.39, 0.29) is 0 Å². The molecule has 1 aromatic rings. The largest absolute Gasteiger partial charge is 0.399 e. The Balaban J connectivity index is 1.55. The molecule has 1 unspecified atom stereocenters. The Morgan fingerprint density at radius 3 is 3.00 bits per heavy atom. The van der Waals surface area contributed by atoms with Crippen molar-refractivity contribution in [2.45, 2.75) is 25.9 Å². The number of rotatable bonds is 3. The van der Waals surface area contributed by atoms with Crippen molar-refractivity contribution in [2.24, 2.45) is 5.92 Å². The van der Waals surface area contributed by atoms with E-state index in [2.05, 4.69) is 17.0 Å². The molecule has 1 fully saturated rings. The lowest BCUT2D eigenvalue weighted by molar-refractivity contribution is 0.178. The van der Waals surface area contributed by atoms with Crippen molar-refractivity contribution in [2.75, 3.05) is 25.5 Å². The number of nitrogens with zero attached hydrogens (tertiary/aromatic N) is 1. The van der Waals surface area contributed by atoms with Crippen molar-refractivity contribution in [3.05, 3.63) is 29.3 Å². The molecule has 92 valence electrons. The number of ether oxygens (including phenoxy) is 1. The second-order valence-electron chi connectivity index (χ2n) is 5.26. The SMILES string of the molecule is Nc1ccc2c(c1)CN(CCC1CCOC1)C2. The Bertz CT molecular complexity index is 399. The smallest absolute Gasteiger partial charge is 0.0495 e. The second-order valence-corrected chi connectivity index (χ2v) is 5.26. The van der Waals surface area contributed by atoms with Crippen molar-refractivity contribution in [3.63, 3.8) is 0 Å². The van der Waals surface area contributed by atoms with E-state index in [1.165, 1.54) is 30.5 Å². The standard InChI is InChI=1S/C14H20N2O/c15-14-2-1-12-8-16(9-13(12)7-14)5-3-11-4-6-17-10-11/h1-2,7,11H,3-6,8-10,15H2. The molecule has 0 aliphatic carbocycles. The zero-order chi connectivity index (χ0) is 11.7. The minimum Gasteiger partial charge on any atom is -0.399 e. The molecule has 2 heterocycles. The molecule has 3 rings (SSSR count). The minimum absolute atomic E-state index is 0.781. The molecule has 0 bridgehead atoms. The monoisotopic (exact) mass is 232 g/mol. The van der Waals surface area contributed by atoms with Crippen LogP contribution in [0.15, 0.2) is 18.2 Å². The molecule has 3 heteroatoms. The first kappa shape index (κ1) is 11.1. The van der Waals surface area contributed by atoms with E-state index in [0.29, 0.717) is 0 Å². The third-order valence-corrected chi connectivity index (χ3v) is 3.90. The van der Waals surface area contributed by atoms with Crippen molar-refractivity contribution >= 4 is 5.69 Å². The molecule has 17 heavy (non-hydrogen) atoms. The van der Waals surface area contributed by atoms with Crippen LogP contribution in [0.1, 0.15) is 24.0 Å². The van der Waals surface area contributed by atoms with Crippen molar-refractivity contribution < 1.29 is 4.74 Å². The van der Waals surface area contributed by atoms with E-state index in [1.54, 1.807) is 0 Å². The van der Waals surface area contributed by atoms with Crippen LogP contribution in [-0.4, -0.2) is 24.7 Å². The lowest BCUT2D eigenvalue weighted by Gasteiger charge is -2.16. The van der Waals surface area contributed by atoms with Crippen LogP contribution >= 0.6 is 0 Å². The first-order valence-corrected chi connectivity index (χ1v) is 6.48. The summed E-state index contributed by atoms with van der Waals surface area (Å²) >= 11 is 0. The molecule has 2 aliphatic rings. The summed E-state index contributed by atoms with van der Waals surface area (Å²) in [5.41, 5.74) is 9.55. The van der Waals surface area contributed by atoms with Crippen LogP contribution in [0.25, 0.3) is 0 Å². The maximum atomic E-state index is 5.81. The summed E-state index contributed by atoms with van der Waals surface area (Å²) in [6, 6.07) is 6.30. The summed E-state index contributed by atoms with van der Waals surface area (Å²) in [6.45, 7) is 5.26. The van der Waals surface area contributed by atoms with Gasteiger partial charge in [-0.05, 0) is 48.6 Å². The molecule has 0 saturated carbocycles. The highest BCUT2D eigenvalue weighted by Gasteiger charge is 2.21. The molecule has 2 N–H and O–H groups in total. The van der Waals surface area contributed by atoms with Gasteiger partial charge in [0.1, 0.15) is 0 Å². The fourth-order valence-corrected chi connectivity index (χ4v) is 2.82. The van der Waals surface area contributed by atoms with Gasteiger partial charge in [-0.2, -0.15) is 0 Å². The molecule has 0 aromatic heterocycles. The van der Waals surface area contributed by atoms with Gasteiger partial charge in [-0.15, -0.1) is 0 Å². The van der Waals surface area contributed by atoms with Gasteiger partial charge in [0.25, 0.3) is 0 Å². The van der Waals surface area contributed by atoms with E-state index in [0.717, 1.165) is 37.9 Å². The Kier molecular flexibility index (Phi) is 3.04. The van der Waals surface area contributed by atoms with Gasteiger partial charge >= 0.3 is 0 Å². The van der Waals surface area contributed by atoms with E-state index in [9.17, 15) is 0 Å². The predicted molar refractivity (Wildman–Crippen MR) is 68.5 cm³/mol. The van der Waals surface area contributed by atoms with Crippen LogP contribution in [0.2, 0.25) is 0 Å². The summed E-state index contributed by atoms with van der Waals surface area (Å²) in [7, 11) is 0. The Morgan fingerprint density at radius 1 is 1.29 bits per heavy atom. The van der Waals surface area contributed by atoms with E-state index in [1.807, 2.05) is 6.07 Å². The summed E-state index contributed by atoms with van der Waals surface area (Å²) < 4.78 is 5.41. The average molecular weight is 232 g/mol. The normalized spacial score (nSPS) is 24.1. The van der Waals surface area contributed by atoms with E-state index < -0.39 is 0 Å². The lowest BCUT2D eigenvalue weighted by Crippen LogP contribution is -2.20. The van der Waals surface area contributed by atoms with Gasteiger partial charge in [0.2, 0.25) is 0 Å². The number of nitrogens with two attached hydrogens (primary N) is 1. The molecular weight excluding hydrogens is 212 g/mol. The summed E-state index contributed by atoms with van der Waals surface area (Å²) in [4.78, 5) is 2.52. The predicted octanol–water partition coefficient (Wildman–Crippen LogP) is 2.01. The highest BCUT2D eigenvalue weighted by atomic mass is 16.5. The zero-order valence-electron chi connectivity index (χ0n) is 10.2. The first-order chi connectivity index (χ1) is 8.31. The minimum atomic E-state index is 0.781. The lowest BCUT2D eigenvalue weighted by atomic mass is 10.1.